The summed E-state index contributed by atoms with van der Waals surface area (Å²) in [5, 5.41) is 9.05. The van der Waals surface area contributed by atoms with Crippen molar-refractivity contribution in [3.63, 3.8) is 0 Å². The molecule has 5 heteroatoms. The minimum absolute atomic E-state index is 0.131. The largest absolute Gasteiger partial charge is 0.480 e. The number of halogens is 1. The maximum atomic E-state index is 10.5. The molecule has 4 nitrogen and oxygen atoms in total. The van der Waals surface area contributed by atoms with Crippen molar-refractivity contribution in [2.75, 3.05) is 24.2 Å². The molecule has 0 bridgehead atoms. The lowest BCUT2D eigenvalue weighted by Crippen LogP contribution is -2.26. The molecule has 0 heterocycles. The Morgan fingerprint density at radius 1 is 1.64 bits per heavy atom. The van der Waals surface area contributed by atoms with Gasteiger partial charge in [0.15, 0.2) is 0 Å². The van der Waals surface area contributed by atoms with Crippen molar-refractivity contribution < 1.29 is 9.90 Å². The van der Waals surface area contributed by atoms with E-state index in [9.17, 15) is 4.79 Å². The lowest BCUT2D eigenvalue weighted by molar-refractivity contribution is -0.135. The van der Waals surface area contributed by atoms with Crippen LogP contribution in [0, 0.1) is 0 Å². The van der Waals surface area contributed by atoms with E-state index in [4.69, 9.17) is 22.4 Å². The Kier molecular flexibility index (Phi) is 3.19. The minimum Gasteiger partial charge on any atom is -0.480 e. The molecule has 0 spiro atoms. The Hall–Kier alpha value is -1.42. The average molecular weight is 215 g/mol. The van der Waals surface area contributed by atoms with Crippen molar-refractivity contribution in [1.29, 1.82) is 0 Å². The molecular weight excluding hydrogens is 204 g/mol. The van der Waals surface area contributed by atoms with Crippen LogP contribution in [0.2, 0.25) is 5.02 Å². The molecule has 0 radical (unpaired) electrons. The Morgan fingerprint density at radius 3 is 2.79 bits per heavy atom. The van der Waals surface area contributed by atoms with Gasteiger partial charge in [0.1, 0.15) is 6.54 Å². The molecule has 0 unspecified atom stereocenters. The van der Waals surface area contributed by atoms with E-state index < -0.39 is 5.97 Å². The maximum Gasteiger partial charge on any atom is 0.323 e. The summed E-state index contributed by atoms with van der Waals surface area (Å²) in [6.45, 7) is -0.131. The predicted molar refractivity (Wildman–Crippen MR) is 56.8 cm³/mol. The summed E-state index contributed by atoms with van der Waals surface area (Å²) in [7, 11) is 1.63. The van der Waals surface area contributed by atoms with Crippen LogP contribution in [0.4, 0.5) is 11.4 Å². The van der Waals surface area contributed by atoms with Crippen LogP contribution in [-0.2, 0) is 4.79 Å². The minimum atomic E-state index is -0.924. The Labute approximate surface area is 86.9 Å². The predicted octanol–water partition coefficient (Wildman–Crippen LogP) is 1.44. The number of rotatable bonds is 3. The first-order valence-corrected chi connectivity index (χ1v) is 4.37. The van der Waals surface area contributed by atoms with Crippen molar-refractivity contribution >= 4 is 28.9 Å². The molecule has 3 N–H and O–H groups in total. The van der Waals surface area contributed by atoms with Crippen LogP contribution in [0.15, 0.2) is 18.2 Å². The zero-order chi connectivity index (χ0) is 10.7. The average Bonchev–Trinajstić information content (AvgIpc) is 2.01. The van der Waals surface area contributed by atoms with Gasteiger partial charge in [0.2, 0.25) is 0 Å². The molecule has 0 amide bonds. The number of nitrogen functional groups attached to an aromatic ring is 1. The zero-order valence-electron chi connectivity index (χ0n) is 7.70. The van der Waals surface area contributed by atoms with Gasteiger partial charge < -0.3 is 15.7 Å². The van der Waals surface area contributed by atoms with E-state index in [2.05, 4.69) is 0 Å². The molecule has 14 heavy (non-hydrogen) atoms. The highest BCUT2D eigenvalue weighted by Crippen LogP contribution is 2.30. The number of nitrogens with two attached hydrogens (primary N) is 1. The summed E-state index contributed by atoms with van der Waals surface area (Å²) in [5.41, 5.74) is 6.70. The quantitative estimate of drug-likeness (QED) is 0.748. The molecule has 1 rings (SSSR count). The van der Waals surface area contributed by atoms with Crippen LogP contribution in [-0.4, -0.2) is 24.7 Å². The molecule has 0 fully saturated rings. The first-order chi connectivity index (χ1) is 6.52. The zero-order valence-corrected chi connectivity index (χ0v) is 8.45. The smallest absolute Gasteiger partial charge is 0.323 e. The third-order valence-electron chi connectivity index (χ3n) is 1.77. The van der Waals surface area contributed by atoms with E-state index in [0.29, 0.717) is 16.4 Å². The topological polar surface area (TPSA) is 66.6 Å². The maximum absolute atomic E-state index is 10.5. The fourth-order valence-corrected chi connectivity index (χ4v) is 1.54. The van der Waals surface area contributed by atoms with E-state index in [1.165, 1.54) is 4.90 Å². The highest BCUT2D eigenvalue weighted by atomic mass is 35.5. The molecule has 1 aromatic rings. The van der Waals surface area contributed by atoms with Gasteiger partial charge >= 0.3 is 5.97 Å². The molecular formula is C9H11ClN2O2. The fraction of sp³-hybridized carbons (Fsp3) is 0.222. The van der Waals surface area contributed by atoms with Crippen molar-refractivity contribution in [2.45, 2.75) is 0 Å². The van der Waals surface area contributed by atoms with Crippen molar-refractivity contribution in [2.24, 2.45) is 0 Å². The molecule has 0 saturated heterocycles. The third-order valence-corrected chi connectivity index (χ3v) is 2.08. The summed E-state index contributed by atoms with van der Waals surface area (Å²) in [4.78, 5) is 12.0. The molecule has 0 saturated carbocycles. The van der Waals surface area contributed by atoms with Gasteiger partial charge in [0.25, 0.3) is 0 Å². The number of carbonyl (C=O) groups is 1. The van der Waals surface area contributed by atoms with E-state index in [1.54, 1.807) is 25.2 Å². The van der Waals surface area contributed by atoms with Gasteiger partial charge in [-0.3, -0.25) is 4.79 Å². The standard InChI is InChI=1S/C9H11ClN2O2/c1-12(5-8(13)14)9-6(10)3-2-4-7(9)11/h2-4H,5,11H2,1H3,(H,13,14). The highest BCUT2D eigenvalue weighted by molar-refractivity contribution is 6.34. The van der Waals surface area contributed by atoms with Crippen molar-refractivity contribution in [1.82, 2.24) is 0 Å². The van der Waals surface area contributed by atoms with Crippen molar-refractivity contribution in [3.05, 3.63) is 23.2 Å². The van der Waals surface area contributed by atoms with Gasteiger partial charge in [-0.1, -0.05) is 17.7 Å². The number of carboxylic acid groups (broad SMARTS) is 1. The Balaban J connectivity index is 2.99. The van der Waals surface area contributed by atoms with E-state index in [0.717, 1.165) is 0 Å². The lowest BCUT2D eigenvalue weighted by atomic mass is 10.2. The van der Waals surface area contributed by atoms with Crippen molar-refractivity contribution in [3.8, 4) is 0 Å². The molecule has 0 atom stereocenters. The monoisotopic (exact) mass is 214 g/mol. The third kappa shape index (κ3) is 2.29. The second-order valence-electron chi connectivity index (χ2n) is 2.93. The number of carboxylic acids is 1. The van der Waals surface area contributed by atoms with Gasteiger partial charge in [-0.25, -0.2) is 0 Å². The van der Waals surface area contributed by atoms with E-state index >= 15 is 0 Å². The van der Waals surface area contributed by atoms with Crippen LogP contribution in [0.25, 0.3) is 0 Å². The number of benzene rings is 1. The van der Waals surface area contributed by atoms with Gasteiger partial charge in [0, 0.05) is 7.05 Å². The van der Waals surface area contributed by atoms with Gasteiger partial charge in [-0.05, 0) is 12.1 Å². The molecule has 0 aliphatic heterocycles. The number of hydrogen-bond acceptors (Lipinski definition) is 3. The van der Waals surface area contributed by atoms with Crippen LogP contribution < -0.4 is 10.6 Å². The number of likely N-dealkylation sites (N-methyl/N-ethyl adjacent to an activating group) is 1. The first-order valence-electron chi connectivity index (χ1n) is 3.99. The summed E-state index contributed by atoms with van der Waals surface area (Å²) in [5.74, 6) is -0.924. The fourth-order valence-electron chi connectivity index (χ4n) is 1.22. The molecule has 0 aromatic heterocycles. The summed E-state index contributed by atoms with van der Waals surface area (Å²) >= 11 is 5.89. The van der Waals surface area contributed by atoms with E-state index in [1.807, 2.05) is 0 Å². The van der Waals surface area contributed by atoms with E-state index in [-0.39, 0.29) is 6.54 Å². The highest BCUT2D eigenvalue weighted by Gasteiger charge is 2.11. The number of aliphatic carboxylic acids is 1. The molecule has 1 aromatic carbocycles. The number of anilines is 2. The summed E-state index contributed by atoms with van der Waals surface area (Å²) < 4.78 is 0. The number of hydrogen-bond donors (Lipinski definition) is 2. The van der Waals surface area contributed by atoms with Crippen LogP contribution in [0.5, 0.6) is 0 Å². The first kappa shape index (κ1) is 10.7. The molecule has 0 aliphatic carbocycles. The Bertz CT molecular complexity index is 334. The van der Waals surface area contributed by atoms with Crippen LogP contribution in [0.1, 0.15) is 0 Å². The Morgan fingerprint density at radius 2 is 2.29 bits per heavy atom. The molecule has 0 aliphatic rings. The summed E-state index contributed by atoms with van der Waals surface area (Å²) in [6.07, 6.45) is 0. The normalized spacial score (nSPS) is 9.86. The van der Waals surface area contributed by atoms with Crippen LogP contribution >= 0.6 is 11.6 Å². The SMILES string of the molecule is CN(CC(=O)O)c1c(N)cccc1Cl. The lowest BCUT2D eigenvalue weighted by Gasteiger charge is -2.19. The molecule has 76 valence electrons. The number of para-hydroxylation sites is 1. The van der Waals surface area contributed by atoms with Crippen LogP contribution in [0.3, 0.4) is 0 Å². The second-order valence-corrected chi connectivity index (χ2v) is 3.33. The van der Waals surface area contributed by atoms with Gasteiger partial charge in [-0.15, -0.1) is 0 Å². The number of nitrogens with zero attached hydrogens (tertiary/aromatic N) is 1. The van der Waals surface area contributed by atoms with Gasteiger partial charge in [0.05, 0.1) is 16.4 Å². The van der Waals surface area contributed by atoms with Gasteiger partial charge in [-0.2, -0.15) is 0 Å². The summed E-state index contributed by atoms with van der Waals surface area (Å²) in [6, 6.07) is 5.07. The second kappa shape index (κ2) is 4.19.